The molecule has 3 aliphatic heterocycles. The van der Waals surface area contributed by atoms with Gasteiger partial charge in [0.2, 0.25) is 0 Å². The van der Waals surface area contributed by atoms with Gasteiger partial charge in [-0.1, -0.05) is 0 Å². The largest absolute Gasteiger partial charge is 0.365 e. The Kier molecular flexibility index (Phi) is 3.97. The second-order valence-corrected chi connectivity index (χ2v) is 6.85. The lowest BCUT2D eigenvalue weighted by atomic mass is 9.88. The molecule has 0 aromatic carbocycles. The van der Waals surface area contributed by atoms with Gasteiger partial charge in [0.25, 0.3) is 11.8 Å². The number of pyridine rings is 1. The number of anilines is 1. The summed E-state index contributed by atoms with van der Waals surface area (Å²) in [6, 6.07) is 3.89. The van der Waals surface area contributed by atoms with E-state index in [-0.39, 0.29) is 30.0 Å². The molecule has 7 heteroatoms. The zero-order chi connectivity index (χ0) is 16.7. The predicted molar refractivity (Wildman–Crippen MR) is 87.7 cm³/mol. The molecular formula is C17H22N4O3. The minimum atomic E-state index is -0.409. The highest BCUT2D eigenvalue weighted by atomic mass is 16.5. The van der Waals surface area contributed by atoms with E-state index in [9.17, 15) is 9.59 Å². The molecule has 4 heterocycles. The third kappa shape index (κ3) is 2.78. The molecule has 1 aromatic heterocycles. The minimum absolute atomic E-state index is 0.0559. The van der Waals surface area contributed by atoms with E-state index in [0.717, 1.165) is 32.4 Å². The number of piperazine rings is 1. The molecule has 3 aliphatic rings. The van der Waals surface area contributed by atoms with Crippen molar-refractivity contribution in [3.05, 3.63) is 24.0 Å². The summed E-state index contributed by atoms with van der Waals surface area (Å²) in [6.07, 6.45) is 3.96. The Balaban J connectivity index is 1.44. The lowest BCUT2D eigenvalue weighted by Gasteiger charge is -2.52. The molecule has 0 saturated carbocycles. The molecule has 0 spiro atoms. The SMILES string of the molecule is CC1CCC(C(=O)Nc2ccnc(C(=O)N3C4CNCC3C4)c2)O1. The summed E-state index contributed by atoms with van der Waals surface area (Å²) in [7, 11) is 0. The molecule has 2 N–H and O–H groups in total. The van der Waals surface area contributed by atoms with Crippen LogP contribution in [-0.2, 0) is 9.53 Å². The first kappa shape index (κ1) is 15.5. The van der Waals surface area contributed by atoms with Crippen LogP contribution in [0.3, 0.4) is 0 Å². The van der Waals surface area contributed by atoms with Crippen LogP contribution in [0, 0.1) is 0 Å². The highest BCUT2D eigenvalue weighted by Gasteiger charge is 2.44. The molecule has 0 aliphatic carbocycles. The molecule has 128 valence electrons. The number of nitrogens with zero attached hydrogens (tertiary/aromatic N) is 2. The van der Waals surface area contributed by atoms with Crippen LogP contribution >= 0.6 is 0 Å². The van der Waals surface area contributed by atoms with Crippen molar-refractivity contribution in [3.63, 3.8) is 0 Å². The Hall–Kier alpha value is -1.99. The second-order valence-electron chi connectivity index (χ2n) is 6.85. The van der Waals surface area contributed by atoms with Crippen LogP contribution in [0.15, 0.2) is 18.3 Å². The third-order valence-electron chi connectivity index (χ3n) is 5.10. The summed E-state index contributed by atoms with van der Waals surface area (Å²) in [5.41, 5.74) is 0.968. The van der Waals surface area contributed by atoms with Gasteiger partial charge in [-0.05, 0) is 38.3 Å². The van der Waals surface area contributed by atoms with E-state index >= 15 is 0 Å². The van der Waals surface area contributed by atoms with E-state index in [4.69, 9.17) is 4.74 Å². The molecule has 1 aromatic rings. The number of carbonyl (C=O) groups is 2. The molecule has 0 radical (unpaired) electrons. The summed E-state index contributed by atoms with van der Waals surface area (Å²) in [5.74, 6) is -0.214. The Morgan fingerprint density at radius 3 is 2.79 bits per heavy atom. The first-order valence-electron chi connectivity index (χ1n) is 8.57. The third-order valence-corrected chi connectivity index (χ3v) is 5.10. The highest BCUT2D eigenvalue weighted by Crippen LogP contribution is 2.30. The van der Waals surface area contributed by atoms with Crippen LogP contribution in [-0.4, -0.2) is 59.1 Å². The normalized spacial score (nSPS) is 31.5. The fourth-order valence-corrected chi connectivity index (χ4v) is 3.79. The molecule has 24 heavy (non-hydrogen) atoms. The monoisotopic (exact) mass is 330 g/mol. The predicted octanol–water partition coefficient (Wildman–Crippen LogP) is 0.774. The number of hydrogen-bond acceptors (Lipinski definition) is 5. The van der Waals surface area contributed by atoms with Crippen molar-refractivity contribution < 1.29 is 14.3 Å². The first-order valence-corrected chi connectivity index (χ1v) is 8.57. The molecule has 2 bridgehead atoms. The van der Waals surface area contributed by atoms with Gasteiger partial charge in [-0.25, -0.2) is 0 Å². The number of amides is 2. The van der Waals surface area contributed by atoms with E-state index in [1.54, 1.807) is 18.3 Å². The van der Waals surface area contributed by atoms with Gasteiger partial charge in [0, 0.05) is 37.1 Å². The van der Waals surface area contributed by atoms with Crippen molar-refractivity contribution in [2.24, 2.45) is 0 Å². The van der Waals surface area contributed by atoms with Gasteiger partial charge in [0.1, 0.15) is 11.8 Å². The van der Waals surface area contributed by atoms with Crippen LogP contribution in [0.4, 0.5) is 5.69 Å². The Labute approximate surface area is 140 Å². The lowest BCUT2D eigenvalue weighted by molar-refractivity contribution is -0.126. The highest BCUT2D eigenvalue weighted by molar-refractivity contribution is 5.97. The summed E-state index contributed by atoms with van der Waals surface area (Å²) < 4.78 is 5.58. The fraction of sp³-hybridized carbons (Fsp3) is 0.588. The molecule has 4 atom stereocenters. The van der Waals surface area contributed by atoms with Crippen LogP contribution in [0.25, 0.3) is 0 Å². The smallest absolute Gasteiger partial charge is 0.273 e. The van der Waals surface area contributed by atoms with Crippen molar-refractivity contribution in [1.29, 1.82) is 0 Å². The van der Waals surface area contributed by atoms with Gasteiger partial charge in [0.15, 0.2) is 0 Å². The second kappa shape index (κ2) is 6.14. The minimum Gasteiger partial charge on any atom is -0.365 e. The molecule has 4 rings (SSSR count). The average molecular weight is 330 g/mol. The van der Waals surface area contributed by atoms with Gasteiger partial charge in [-0.2, -0.15) is 0 Å². The van der Waals surface area contributed by atoms with Gasteiger partial charge in [0.05, 0.1) is 6.10 Å². The van der Waals surface area contributed by atoms with Crippen molar-refractivity contribution in [2.75, 3.05) is 18.4 Å². The Bertz CT molecular complexity index is 651. The maximum Gasteiger partial charge on any atom is 0.273 e. The van der Waals surface area contributed by atoms with E-state index in [0.29, 0.717) is 11.4 Å². The number of rotatable bonds is 3. The van der Waals surface area contributed by atoms with Gasteiger partial charge in [-0.15, -0.1) is 0 Å². The van der Waals surface area contributed by atoms with E-state index in [1.807, 2.05) is 11.8 Å². The van der Waals surface area contributed by atoms with Crippen LogP contribution < -0.4 is 10.6 Å². The number of fused-ring (bicyclic) bond motifs is 2. The van der Waals surface area contributed by atoms with Gasteiger partial charge >= 0.3 is 0 Å². The Morgan fingerprint density at radius 1 is 1.33 bits per heavy atom. The fourth-order valence-electron chi connectivity index (χ4n) is 3.79. The number of nitrogens with one attached hydrogen (secondary N) is 2. The number of aromatic nitrogens is 1. The van der Waals surface area contributed by atoms with E-state index in [1.165, 1.54) is 0 Å². The summed E-state index contributed by atoms with van der Waals surface area (Å²) in [4.78, 5) is 31.0. The Morgan fingerprint density at radius 2 is 2.12 bits per heavy atom. The molecule has 7 nitrogen and oxygen atoms in total. The van der Waals surface area contributed by atoms with Crippen molar-refractivity contribution in [1.82, 2.24) is 15.2 Å². The summed E-state index contributed by atoms with van der Waals surface area (Å²) in [6.45, 7) is 3.65. The van der Waals surface area contributed by atoms with Crippen molar-refractivity contribution in [2.45, 2.75) is 50.5 Å². The first-order chi connectivity index (χ1) is 11.6. The molecular weight excluding hydrogens is 308 g/mol. The maximum absolute atomic E-state index is 12.7. The van der Waals surface area contributed by atoms with Crippen molar-refractivity contribution >= 4 is 17.5 Å². The molecule has 4 unspecified atom stereocenters. The van der Waals surface area contributed by atoms with Crippen molar-refractivity contribution in [3.8, 4) is 0 Å². The quantitative estimate of drug-likeness (QED) is 0.855. The van der Waals surface area contributed by atoms with E-state index in [2.05, 4.69) is 15.6 Å². The summed E-state index contributed by atoms with van der Waals surface area (Å²) >= 11 is 0. The van der Waals surface area contributed by atoms with Gasteiger partial charge < -0.3 is 20.3 Å². The maximum atomic E-state index is 12.7. The average Bonchev–Trinajstić information content (AvgIpc) is 3.02. The van der Waals surface area contributed by atoms with Crippen LogP contribution in [0.2, 0.25) is 0 Å². The molecule has 3 fully saturated rings. The zero-order valence-corrected chi connectivity index (χ0v) is 13.7. The molecule has 3 saturated heterocycles. The topological polar surface area (TPSA) is 83.6 Å². The van der Waals surface area contributed by atoms with E-state index < -0.39 is 6.10 Å². The van der Waals surface area contributed by atoms with Crippen LogP contribution in [0.5, 0.6) is 0 Å². The molecule has 2 amide bonds. The number of carbonyl (C=O) groups excluding carboxylic acids is 2. The standard InChI is InChI=1S/C17H22N4O3/c1-10-2-3-15(24-10)16(22)20-11-4-5-19-14(6-11)17(23)21-12-7-13(21)9-18-8-12/h4-6,10,12-13,15,18H,2-3,7-9H2,1H3,(H,19,20,22). The number of piperidine rings is 1. The number of ether oxygens (including phenoxy) is 1. The lowest BCUT2D eigenvalue weighted by Crippen LogP contribution is -2.69. The summed E-state index contributed by atoms with van der Waals surface area (Å²) in [5, 5.41) is 6.15. The van der Waals surface area contributed by atoms with Crippen LogP contribution in [0.1, 0.15) is 36.7 Å². The van der Waals surface area contributed by atoms with Gasteiger partial charge in [-0.3, -0.25) is 14.6 Å². The number of hydrogen-bond donors (Lipinski definition) is 2. The zero-order valence-electron chi connectivity index (χ0n) is 13.7.